The predicted octanol–water partition coefficient (Wildman–Crippen LogP) is 3.04. The lowest BCUT2D eigenvalue weighted by Crippen LogP contribution is -2.28. The number of carbonyl (C=O) groups excluding carboxylic acids is 1. The predicted molar refractivity (Wildman–Crippen MR) is 99.0 cm³/mol. The van der Waals surface area contributed by atoms with Crippen molar-refractivity contribution in [3.05, 3.63) is 59.0 Å². The summed E-state index contributed by atoms with van der Waals surface area (Å²) in [4.78, 5) is 27.0. The molecule has 1 aromatic carbocycles. The molecule has 0 radical (unpaired) electrons. The summed E-state index contributed by atoms with van der Waals surface area (Å²) < 4.78 is 5.11. The summed E-state index contributed by atoms with van der Waals surface area (Å²) in [6, 6.07) is 9.70. The molecule has 1 aliphatic heterocycles. The first-order valence-corrected chi connectivity index (χ1v) is 8.83. The first kappa shape index (κ1) is 16.7. The van der Waals surface area contributed by atoms with Crippen LogP contribution in [0.2, 0.25) is 0 Å². The van der Waals surface area contributed by atoms with Gasteiger partial charge < -0.3 is 14.6 Å². The number of ether oxygens (including phenoxy) is 1. The molecule has 0 bridgehead atoms. The van der Waals surface area contributed by atoms with Gasteiger partial charge in [0.1, 0.15) is 5.52 Å². The fraction of sp³-hybridized carbons (Fsp3) is 0.350. The van der Waals surface area contributed by atoms with E-state index in [1.165, 1.54) is 0 Å². The molecule has 26 heavy (non-hydrogen) atoms. The Balaban J connectivity index is 1.47. The molecule has 0 saturated carbocycles. The molecule has 1 saturated heterocycles. The number of amides is 1. The van der Waals surface area contributed by atoms with Crippen LogP contribution in [0.3, 0.4) is 0 Å². The maximum Gasteiger partial charge on any atom is 0.253 e. The van der Waals surface area contributed by atoms with Crippen molar-refractivity contribution in [1.29, 1.82) is 0 Å². The number of aromatic nitrogens is 3. The Hall–Kier alpha value is -2.73. The molecule has 3 heterocycles. The van der Waals surface area contributed by atoms with Crippen LogP contribution in [0.5, 0.6) is 0 Å². The number of aromatic amines is 1. The molecule has 1 amide bonds. The zero-order valence-electron chi connectivity index (χ0n) is 15.0. The third-order valence-corrected chi connectivity index (χ3v) is 4.90. The Morgan fingerprint density at radius 1 is 1.35 bits per heavy atom. The van der Waals surface area contributed by atoms with Crippen LogP contribution in [0.15, 0.2) is 36.5 Å². The topological polar surface area (TPSA) is 71.1 Å². The molecule has 1 fully saturated rings. The maximum atomic E-state index is 12.8. The largest absolute Gasteiger partial charge is 0.380 e. The van der Waals surface area contributed by atoms with Crippen molar-refractivity contribution in [2.45, 2.75) is 25.9 Å². The quantitative estimate of drug-likeness (QED) is 0.785. The number of aryl methyl sites for hydroxylation is 1. The van der Waals surface area contributed by atoms with Crippen LogP contribution < -0.4 is 0 Å². The second kappa shape index (κ2) is 6.88. The van der Waals surface area contributed by atoms with Gasteiger partial charge in [-0.05, 0) is 37.1 Å². The number of nitrogens with one attached hydrogen (secondary N) is 1. The van der Waals surface area contributed by atoms with Gasteiger partial charge in [0, 0.05) is 43.6 Å². The summed E-state index contributed by atoms with van der Waals surface area (Å²) in [7, 11) is 1.67. The van der Waals surface area contributed by atoms with Crippen LogP contribution in [0, 0.1) is 6.92 Å². The number of likely N-dealkylation sites (tertiary alicyclic amines) is 1. The molecule has 4 rings (SSSR count). The van der Waals surface area contributed by atoms with Crippen molar-refractivity contribution in [3.63, 3.8) is 0 Å². The van der Waals surface area contributed by atoms with E-state index in [1.807, 2.05) is 36.1 Å². The highest BCUT2D eigenvalue weighted by Gasteiger charge is 2.29. The lowest BCUT2D eigenvalue weighted by molar-refractivity contribution is 0.0790. The molecule has 0 spiro atoms. The fourth-order valence-corrected chi connectivity index (χ4v) is 3.52. The molecule has 6 nitrogen and oxygen atoms in total. The molecule has 1 atom stereocenters. The van der Waals surface area contributed by atoms with Crippen molar-refractivity contribution in [2.75, 3.05) is 20.2 Å². The van der Waals surface area contributed by atoms with Crippen molar-refractivity contribution in [3.8, 4) is 0 Å². The van der Waals surface area contributed by atoms with Gasteiger partial charge in [-0.3, -0.25) is 9.78 Å². The molecule has 134 valence electrons. The van der Waals surface area contributed by atoms with E-state index >= 15 is 0 Å². The number of nitrogens with zero attached hydrogens (tertiary/aromatic N) is 3. The van der Waals surface area contributed by atoms with Gasteiger partial charge in [0.2, 0.25) is 0 Å². The minimum Gasteiger partial charge on any atom is -0.380 e. The summed E-state index contributed by atoms with van der Waals surface area (Å²) in [5.41, 5.74) is 5.49. The van der Waals surface area contributed by atoms with Gasteiger partial charge in [-0.2, -0.15) is 0 Å². The Kier molecular flexibility index (Phi) is 4.42. The van der Waals surface area contributed by atoms with Gasteiger partial charge in [0.25, 0.3) is 5.91 Å². The summed E-state index contributed by atoms with van der Waals surface area (Å²) >= 11 is 0. The van der Waals surface area contributed by atoms with Gasteiger partial charge in [-0.15, -0.1) is 0 Å². The lowest BCUT2D eigenvalue weighted by atomic mass is 10.1. The number of benzene rings is 1. The molecule has 2 aromatic heterocycles. The minimum absolute atomic E-state index is 0.0830. The zero-order chi connectivity index (χ0) is 18.1. The minimum atomic E-state index is 0.0830. The van der Waals surface area contributed by atoms with Crippen molar-refractivity contribution in [1.82, 2.24) is 19.9 Å². The van der Waals surface area contributed by atoms with Crippen LogP contribution in [0.25, 0.3) is 11.2 Å². The van der Waals surface area contributed by atoms with Crippen molar-refractivity contribution in [2.24, 2.45) is 0 Å². The molecule has 0 aliphatic carbocycles. The van der Waals surface area contributed by atoms with E-state index in [0.29, 0.717) is 19.1 Å². The summed E-state index contributed by atoms with van der Waals surface area (Å²) in [6.07, 6.45) is 2.72. The van der Waals surface area contributed by atoms with Crippen LogP contribution in [0.1, 0.15) is 39.6 Å². The van der Waals surface area contributed by atoms with E-state index in [2.05, 4.69) is 21.0 Å². The smallest absolute Gasteiger partial charge is 0.253 e. The molecular formula is C20H22N4O2. The second-order valence-electron chi connectivity index (χ2n) is 6.84. The number of carbonyl (C=O) groups is 1. The van der Waals surface area contributed by atoms with Gasteiger partial charge in [0.15, 0.2) is 5.65 Å². The normalized spacial score (nSPS) is 17.2. The highest BCUT2D eigenvalue weighted by atomic mass is 16.5. The highest BCUT2D eigenvalue weighted by molar-refractivity contribution is 5.94. The maximum absolute atomic E-state index is 12.8. The fourth-order valence-electron chi connectivity index (χ4n) is 3.52. The number of H-pyrrole nitrogens is 1. The lowest BCUT2D eigenvalue weighted by Gasteiger charge is -2.16. The third kappa shape index (κ3) is 3.20. The van der Waals surface area contributed by atoms with Gasteiger partial charge in [0.05, 0.1) is 12.3 Å². The van der Waals surface area contributed by atoms with E-state index in [4.69, 9.17) is 4.74 Å². The van der Waals surface area contributed by atoms with Crippen LogP contribution in [-0.4, -0.2) is 46.0 Å². The first-order chi connectivity index (χ1) is 12.6. The third-order valence-electron chi connectivity index (χ3n) is 4.90. The first-order valence-electron chi connectivity index (χ1n) is 8.83. The molecule has 1 N–H and O–H groups in total. The SMILES string of the molecule is COCc1ccc(C(=O)N2CCC(c3cc4ncc(C)nc4[nH]3)C2)cc1. The number of hydrogen-bond donors (Lipinski definition) is 1. The Labute approximate surface area is 152 Å². The van der Waals surface area contributed by atoms with Crippen LogP contribution in [-0.2, 0) is 11.3 Å². The average molecular weight is 350 g/mol. The summed E-state index contributed by atoms with van der Waals surface area (Å²) in [5.74, 6) is 0.377. The number of fused-ring (bicyclic) bond motifs is 1. The van der Waals surface area contributed by atoms with E-state index in [-0.39, 0.29) is 5.91 Å². The molecule has 1 aliphatic rings. The van der Waals surface area contributed by atoms with E-state index in [0.717, 1.165) is 46.6 Å². The molecular weight excluding hydrogens is 328 g/mol. The van der Waals surface area contributed by atoms with Gasteiger partial charge >= 0.3 is 0 Å². The monoisotopic (exact) mass is 350 g/mol. The number of rotatable bonds is 4. The highest BCUT2D eigenvalue weighted by Crippen LogP contribution is 2.29. The zero-order valence-corrected chi connectivity index (χ0v) is 15.0. The summed E-state index contributed by atoms with van der Waals surface area (Å²) in [5, 5.41) is 0. The van der Waals surface area contributed by atoms with Gasteiger partial charge in [-0.1, -0.05) is 12.1 Å². The van der Waals surface area contributed by atoms with Gasteiger partial charge in [-0.25, -0.2) is 4.98 Å². The Morgan fingerprint density at radius 3 is 2.92 bits per heavy atom. The van der Waals surface area contributed by atoms with Crippen LogP contribution in [0.4, 0.5) is 0 Å². The van der Waals surface area contributed by atoms with Crippen LogP contribution >= 0.6 is 0 Å². The van der Waals surface area contributed by atoms with Crippen molar-refractivity contribution >= 4 is 17.1 Å². The molecule has 1 unspecified atom stereocenters. The van der Waals surface area contributed by atoms with E-state index in [1.54, 1.807) is 13.3 Å². The standard InChI is InChI=1S/C20H22N4O2/c1-13-10-21-18-9-17(23-19(18)22-13)16-7-8-24(11-16)20(25)15-5-3-14(4-6-15)12-26-2/h3-6,9-10,16H,7-8,11-12H2,1-2H3,(H,22,23). The number of methoxy groups -OCH3 is 1. The average Bonchev–Trinajstić information content (AvgIpc) is 3.28. The van der Waals surface area contributed by atoms with Crippen molar-refractivity contribution < 1.29 is 9.53 Å². The Morgan fingerprint density at radius 2 is 2.15 bits per heavy atom. The van der Waals surface area contributed by atoms with E-state index in [9.17, 15) is 4.79 Å². The molecule has 6 heteroatoms. The van der Waals surface area contributed by atoms with E-state index < -0.39 is 0 Å². The summed E-state index contributed by atoms with van der Waals surface area (Å²) in [6.45, 7) is 3.96. The second-order valence-corrected chi connectivity index (χ2v) is 6.84. The number of hydrogen-bond acceptors (Lipinski definition) is 4. The Bertz CT molecular complexity index is 933. The molecule has 3 aromatic rings.